The Balaban J connectivity index is 2.38. The fourth-order valence-corrected chi connectivity index (χ4v) is 1.92. The molecule has 1 aromatic carbocycles. The van der Waals surface area contributed by atoms with Gasteiger partial charge in [-0.25, -0.2) is 0 Å². The van der Waals surface area contributed by atoms with Gasteiger partial charge in [-0.2, -0.15) is 0 Å². The first-order valence-electron chi connectivity index (χ1n) is 5.79. The number of hydrogen-bond acceptors (Lipinski definition) is 4. The Morgan fingerprint density at radius 3 is 2.63 bits per heavy atom. The van der Waals surface area contributed by atoms with Crippen LogP contribution >= 0.6 is 0 Å². The smallest absolute Gasteiger partial charge is 0.273 e. The van der Waals surface area contributed by atoms with Crippen molar-refractivity contribution in [3.63, 3.8) is 0 Å². The highest BCUT2D eigenvalue weighted by Crippen LogP contribution is 2.28. The number of aromatic nitrogens is 1. The molecule has 2 aromatic rings. The molecule has 0 radical (unpaired) electrons. The van der Waals surface area contributed by atoms with Crippen molar-refractivity contribution in [1.82, 2.24) is 4.98 Å². The Morgan fingerprint density at radius 1 is 1.26 bits per heavy atom. The Hall–Kier alpha value is -2.56. The fourth-order valence-electron chi connectivity index (χ4n) is 1.92. The third-order valence-corrected chi connectivity index (χ3v) is 2.94. The molecule has 96 valence electrons. The monoisotopic (exact) mass is 256 g/mol. The Labute approximate surface area is 110 Å². The molecule has 2 rings (SSSR count). The van der Waals surface area contributed by atoms with Crippen LogP contribution in [0, 0.1) is 10.1 Å². The molecule has 0 spiro atoms. The number of Topliss-reactive ketones (excluding diaryl/α,β-unsaturated/α-hetero) is 1. The van der Waals surface area contributed by atoms with Gasteiger partial charge in [0.15, 0.2) is 5.78 Å². The van der Waals surface area contributed by atoms with Crippen molar-refractivity contribution in [2.75, 3.05) is 0 Å². The summed E-state index contributed by atoms with van der Waals surface area (Å²) >= 11 is 0. The molecule has 1 heterocycles. The van der Waals surface area contributed by atoms with Gasteiger partial charge in [0.25, 0.3) is 5.69 Å². The average molecular weight is 256 g/mol. The van der Waals surface area contributed by atoms with E-state index >= 15 is 0 Å². The van der Waals surface area contributed by atoms with Gasteiger partial charge >= 0.3 is 0 Å². The number of ketones is 1. The van der Waals surface area contributed by atoms with Crippen LogP contribution in [0.5, 0.6) is 0 Å². The number of carbonyl (C=O) groups excluding carboxylic acids is 1. The van der Waals surface area contributed by atoms with Crippen molar-refractivity contribution >= 4 is 11.5 Å². The molecule has 0 amide bonds. The van der Waals surface area contributed by atoms with E-state index in [1.54, 1.807) is 43.5 Å². The van der Waals surface area contributed by atoms with Crippen LogP contribution in [0.2, 0.25) is 0 Å². The minimum Gasteiger partial charge on any atom is -0.293 e. The standard InChI is InChI=1S/C14H12N2O3/c1-10(14(17)11-5-4-8-15-9-11)12-6-2-3-7-13(12)16(18)19/h2-10H,1H3. The molecule has 0 bridgehead atoms. The predicted molar refractivity (Wildman–Crippen MR) is 70.1 cm³/mol. The minimum absolute atomic E-state index is 0.0350. The molecular weight excluding hydrogens is 244 g/mol. The first kappa shape index (κ1) is 12.9. The average Bonchev–Trinajstić information content (AvgIpc) is 2.46. The molecule has 0 saturated carbocycles. The predicted octanol–water partition coefficient (Wildman–Crippen LogP) is 2.98. The third-order valence-electron chi connectivity index (χ3n) is 2.94. The number of hydrogen-bond donors (Lipinski definition) is 0. The van der Waals surface area contributed by atoms with Gasteiger partial charge in [0, 0.05) is 29.6 Å². The minimum atomic E-state index is -0.578. The van der Waals surface area contributed by atoms with Crippen molar-refractivity contribution in [3.8, 4) is 0 Å². The molecular formula is C14H12N2O3. The zero-order valence-electron chi connectivity index (χ0n) is 10.3. The number of pyridine rings is 1. The van der Waals surface area contributed by atoms with Crippen molar-refractivity contribution in [3.05, 3.63) is 70.0 Å². The maximum absolute atomic E-state index is 12.3. The van der Waals surface area contributed by atoms with E-state index in [2.05, 4.69) is 4.98 Å². The van der Waals surface area contributed by atoms with E-state index in [-0.39, 0.29) is 11.5 Å². The number of carbonyl (C=O) groups is 1. The van der Waals surface area contributed by atoms with E-state index in [1.165, 1.54) is 12.3 Å². The summed E-state index contributed by atoms with van der Waals surface area (Å²) in [5, 5.41) is 11.0. The van der Waals surface area contributed by atoms with E-state index in [9.17, 15) is 14.9 Å². The van der Waals surface area contributed by atoms with Crippen molar-refractivity contribution in [2.45, 2.75) is 12.8 Å². The zero-order chi connectivity index (χ0) is 13.8. The lowest BCUT2D eigenvalue weighted by Gasteiger charge is -2.10. The van der Waals surface area contributed by atoms with Gasteiger partial charge in [-0.15, -0.1) is 0 Å². The lowest BCUT2D eigenvalue weighted by atomic mass is 9.92. The van der Waals surface area contributed by atoms with Crippen LogP contribution < -0.4 is 0 Å². The molecule has 19 heavy (non-hydrogen) atoms. The van der Waals surface area contributed by atoms with Crippen molar-refractivity contribution in [2.24, 2.45) is 0 Å². The van der Waals surface area contributed by atoms with Gasteiger partial charge in [0.1, 0.15) is 0 Å². The van der Waals surface area contributed by atoms with Crippen LogP contribution in [0.15, 0.2) is 48.8 Å². The number of rotatable bonds is 4. The molecule has 0 saturated heterocycles. The van der Waals surface area contributed by atoms with E-state index in [0.29, 0.717) is 11.1 Å². The van der Waals surface area contributed by atoms with Crippen LogP contribution in [0.4, 0.5) is 5.69 Å². The van der Waals surface area contributed by atoms with E-state index in [4.69, 9.17) is 0 Å². The summed E-state index contributed by atoms with van der Waals surface area (Å²) in [6.07, 6.45) is 3.04. The number of benzene rings is 1. The molecule has 0 N–H and O–H groups in total. The van der Waals surface area contributed by atoms with Gasteiger partial charge in [-0.3, -0.25) is 19.9 Å². The number of nitro benzene ring substituents is 1. The molecule has 0 fully saturated rings. The van der Waals surface area contributed by atoms with Gasteiger partial charge in [-0.05, 0) is 12.1 Å². The molecule has 0 aliphatic rings. The maximum Gasteiger partial charge on any atom is 0.273 e. The first-order valence-corrected chi connectivity index (χ1v) is 5.79. The summed E-state index contributed by atoms with van der Waals surface area (Å²) in [7, 11) is 0. The van der Waals surface area contributed by atoms with Gasteiger partial charge < -0.3 is 0 Å². The largest absolute Gasteiger partial charge is 0.293 e. The normalized spacial score (nSPS) is 11.8. The molecule has 5 heteroatoms. The zero-order valence-corrected chi connectivity index (χ0v) is 10.3. The van der Waals surface area contributed by atoms with Crippen LogP contribution in [-0.4, -0.2) is 15.7 Å². The molecule has 5 nitrogen and oxygen atoms in total. The Kier molecular flexibility index (Phi) is 3.66. The van der Waals surface area contributed by atoms with E-state index in [1.807, 2.05) is 0 Å². The summed E-state index contributed by atoms with van der Waals surface area (Å²) in [5.74, 6) is -0.756. The van der Waals surface area contributed by atoms with Gasteiger partial charge in [-0.1, -0.05) is 25.1 Å². The second kappa shape index (κ2) is 5.39. The first-order chi connectivity index (χ1) is 9.11. The Bertz CT molecular complexity index is 611. The molecule has 1 unspecified atom stereocenters. The lowest BCUT2D eigenvalue weighted by molar-refractivity contribution is -0.385. The maximum atomic E-state index is 12.3. The van der Waals surface area contributed by atoms with Crippen molar-refractivity contribution < 1.29 is 9.72 Å². The quantitative estimate of drug-likeness (QED) is 0.479. The summed E-state index contributed by atoms with van der Waals surface area (Å²) in [6.45, 7) is 1.66. The second-order valence-corrected chi connectivity index (χ2v) is 4.14. The van der Waals surface area contributed by atoms with Crippen LogP contribution in [0.25, 0.3) is 0 Å². The highest BCUT2D eigenvalue weighted by Gasteiger charge is 2.24. The fraction of sp³-hybridized carbons (Fsp3) is 0.143. The van der Waals surface area contributed by atoms with Gasteiger partial charge in [0.05, 0.1) is 10.8 Å². The summed E-state index contributed by atoms with van der Waals surface area (Å²) in [4.78, 5) is 26.6. The topological polar surface area (TPSA) is 73.1 Å². The van der Waals surface area contributed by atoms with E-state index < -0.39 is 10.8 Å². The van der Waals surface area contributed by atoms with Crippen molar-refractivity contribution in [1.29, 1.82) is 0 Å². The van der Waals surface area contributed by atoms with Crippen LogP contribution in [0.1, 0.15) is 28.8 Å². The Morgan fingerprint density at radius 2 is 2.00 bits per heavy atom. The lowest BCUT2D eigenvalue weighted by Crippen LogP contribution is -2.11. The number of nitrogens with zero attached hydrogens (tertiary/aromatic N) is 2. The second-order valence-electron chi connectivity index (χ2n) is 4.14. The molecule has 0 aliphatic carbocycles. The van der Waals surface area contributed by atoms with Crippen LogP contribution in [-0.2, 0) is 0 Å². The van der Waals surface area contributed by atoms with E-state index in [0.717, 1.165) is 0 Å². The third kappa shape index (κ3) is 2.65. The highest BCUT2D eigenvalue weighted by atomic mass is 16.6. The SMILES string of the molecule is CC(C(=O)c1cccnc1)c1ccccc1[N+](=O)[O-]. The summed E-state index contributed by atoms with van der Waals surface area (Å²) in [6, 6.07) is 9.61. The molecule has 1 aromatic heterocycles. The number of nitro groups is 1. The van der Waals surface area contributed by atoms with Gasteiger partial charge in [0.2, 0.25) is 0 Å². The van der Waals surface area contributed by atoms with Crippen LogP contribution in [0.3, 0.4) is 0 Å². The summed E-state index contributed by atoms with van der Waals surface area (Å²) < 4.78 is 0. The summed E-state index contributed by atoms with van der Waals surface area (Å²) in [5.41, 5.74) is 0.835. The highest BCUT2D eigenvalue weighted by molar-refractivity contribution is 6.00. The molecule has 1 atom stereocenters. The number of para-hydroxylation sites is 1. The molecule has 0 aliphatic heterocycles.